The highest BCUT2D eigenvalue weighted by atomic mass is 35.5. The van der Waals surface area contributed by atoms with Gasteiger partial charge in [0.05, 0.1) is 24.4 Å². The van der Waals surface area contributed by atoms with E-state index in [1.54, 1.807) is 12.1 Å². The molecule has 3 rings (SSSR count). The van der Waals surface area contributed by atoms with Crippen molar-refractivity contribution < 1.29 is 26.3 Å². The summed E-state index contributed by atoms with van der Waals surface area (Å²) in [7, 11) is -3.78. The van der Waals surface area contributed by atoms with E-state index in [0.717, 1.165) is 17.4 Å². The molecule has 164 valence electrons. The number of ether oxygens (including phenoxy) is 1. The summed E-state index contributed by atoms with van der Waals surface area (Å²) >= 11 is 6.26. The number of rotatable bonds is 6. The Labute approximate surface area is 179 Å². The highest BCUT2D eigenvalue weighted by molar-refractivity contribution is 7.90. The van der Waals surface area contributed by atoms with Crippen LogP contribution in [0.2, 0.25) is 5.02 Å². The van der Waals surface area contributed by atoms with Gasteiger partial charge in [0.1, 0.15) is 9.84 Å². The molecule has 0 bridgehead atoms. The Kier molecular flexibility index (Phi) is 7.12. The third-order valence-corrected chi connectivity index (χ3v) is 6.34. The van der Waals surface area contributed by atoms with Crippen LogP contribution in [0.1, 0.15) is 28.7 Å². The number of sulfone groups is 1. The van der Waals surface area contributed by atoms with Crippen LogP contribution in [-0.4, -0.2) is 51.2 Å². The van der Waals surface area contributed by atoms with E-state index in [-0.39, 0.29) is 11.7 Å². The lowest BCUT2D eigenvalue weighted by Gasteiger charge is -2.33. The van der Waals surface area contributed by atoms with Gasteiger partial charge in [-0.2, -0.15) is 13.2 Å². The smallest absolute Gasteiger partial charge is 0.371 e. The third kappa shape index (κ3) is 6.20. The number of morpholine rings is 1. The molecule has 1 saturated heterocycles. The molecule has 2 atom stereocenters. The highest BCUT2D eigenvalue weighted by Gasteiger charge is 2.42. The molecule has 4 nitrogen and oxygen atoms in total. The van der Waals surface area contributed by atoms with E-state index in [0.29, 0.717) is 31.3 Å². The fourth-order valence-electron chi connectivity index (χ4n) is 3.57. The van der Waals surface area contributed by atoms with Gasteiger partial charge < -0.3 is 4.74 Å². The molecule has 0 aliphatic carbocycles. The molecule has 1 aliphatic heterocycles. The van der Waals surface area contributed by atoms with Crippen LogP contribution in [0.25, 0.3) is 0 Å². The molecule has 9 heteroatoms. The molecule has 1 fully saturated rings. The van der Waals surface area contributed by atoms with Crippen molar-refractivity contribution in [2.75, 3.05) is 31.7 Å². The van der Waals surface area contributed by atoms with Crippen molar-refractivity contribution in [2.45, 2.75) is 24.7 Å². The second kappa shape index (κ2) is 9.26. The molecule has 30 heavy (non-hydrogen) atoms. The van der Waals surface area contributed by atoms with Crippen molar-refractivity contribution in [3.05, 3.63) is 70.2 Å². The van der Waals surface area contributed by atoms with Crippen LogP contribution in [0.3, 0.4) is 0 Å². The standard InChI is InChI=1S/C21H23ClF3NO3S/c1-30(27,28)14-18(21(23,24)25)16-8-6-15(7-9-16)12-26-10-11-29-20(13-26)17-4-2-3-5-19(17)22/h2-9,18,20H,10-14H2,1H3/t18-,20?/m0/s1. The first-order valence-corrected chi connectivity index (χ1v) is 11.9. The summed E-state index contributed by atoms with van der Waals surface area (Å²) in [5, 5.41) is 0.637. The van der Waals surface area contributed by atoms with Crippen LogP contribution in [-0.2, 0) is 21.1 Å². The highest BCUT2D eigenvalue weighted by Crippen LogP contribution is 2.36. The van der Waals surface area contributed by atoms with Crippen molar-refractivity contribution in [1.29, 1.82) is 0 Å². The summed E-state index contributed by atoms with van der Waals surface area (Å²) in [6.07, 6.45) is -3.98. The van der Waals surface area contributed by atoms with Crippen molar-refractivity contribution in [3.63, 3.8) is 0 Å². The molecule has 0 amide bonds. The Hall–Kier alpha value is -1.61. The van der Waals surface area contributed by atoms with Gasteiger partial charge in [0.25, 0.3) is 0 Å². The van der Waals surface area contributed by atoms with Crippen LogP contribution in [0.5, 0.6) is 0 Å². The zero-order chi connectivity index (χ0) is 21.9. The fraction of sp³-hybridized carbons (Fsp3) is 0.429. The van der Waals surface area contributed by atoms with E-state index >= 15 is 0 Å². The van der Waals surface area contributed by atoms with E-state index in [1.807, 2.05) is 24.3 Å². The number of hydrogen-bond donors (Lipinski definition) is 0. The summed E-state index contributed by atoms with van der Waals surface area (Å²) in [5.74, 6) is -2.99. The van der Waals surface area contributed by atoms with Gasteiger partial charge in [0.15, 0.2) is 0 Å². The molecular formula is C21H23ClF3NO3S. The maximum atomic E-state index is 13.3. The Bertz CT molecular complexity index is 964. The van der Waals surface area contributed by atoms with Gasteiger partial charge in [-0.15, -0.1) is 0 Å². The van der Waals surface area contributed by atoms with Gasteiger partial charge in [0, 0.05) is 36.5 Å². The summed E-state index contributed by atoms with van der Waals surface area (Å²) in [4.78, 5) is 2.16. The minimum atomic E-state index is -4.63. The first-order valence-electron chi connectivity index (χ1n) is 9.44. The fourth-order valence-corrected chi connectivity index (χ4v) is 4.81. The summed E-state index contributed by atoms with van der Waals surface area (Å²) in [6, 6.07) is 13.5. The third-order valence-electron chi connectivity index (χ3n) is 5.06. The SMILES string of the molecule is CS(=O)(=O)C[C@@H](c1ccc(CN2CCOC(c3ccccc3Cl)C2)cc1)C(F)(F)F. The largest absolute Gasteiger partial charge is 0.396 e. The first kappa shape index (κ1) is 23.1. The summed E-state index contributed by atoms with van der Waals surface area (Å²) < 4.78 is 68.8. The second-order valence-electron chi connectivity index (χ2n) is 7.54. The lowest BCUT2D eigenvalue weighted by atomic mass is 9.99. The Morgan fingerprint density at radius 2 is 1.83 bits per heavy atom. The number of hydrogen-bond acceptors (Lipinski definition) is 4. The van der Waals surface area contributed by atoms with Gasteiger partial charge in [-0.1, -0.05) is 54.1 Å². The van der Waals surface area contributed by atoms with Gasteiger partial charge in [0.2, 0.25) is 0 Å². The summed E-state index contributed by atoms with van der Waals surface area (Å²) in [6.45, 7) is 2.39. The average Bonchev–Trinajstić information content (AvgIpc) is 2.66. The minimum absolute atomic E-state index is 0.0485. The van der Waals surface area contributed by atoms with Gasteiger partial charge in [-0.25, -0.2) is 8.42 Å². The minimum Gasteiger partial charge on any atom is -0.371 e. The zero-order valence-electron chi connectivity index (χ0n) is 16.4. The number of benzene rings is 2. The van der Waals surface area contributed by atoms with Crippen molar-refractivity contribution in [2.24, 2.45) is 0 Å². The maximum Gasteiger partial charge on any atom is 0.396 e. The van der Waals surface area contributed by atoms with Crippen molar-refractivity contribution >= 4 is 21.4 Å². The molecule has 0 N–H and O–H groups in total. The van der Waals surface area contributed by atoms with Crippen LogP contribution in [0.4, 0.5) is 13.2 Å². The zero-order valence-corrected chi connectivity index (χ0v) is 18.0. The molecule has 2 aromatic rings. The topological polar surface area (TPSA) is 46.6 Å². The van der Waals surface area contributed by atoms with Gasteiger partial charge in [-0.3, -0.25) is 4.90 Å². The predicted molar refractivity (Wildman–Crippen MR) is 110 cm³/mol. The monoisotopic (exact) mass is 461 g/mol. The molecule has 0 saturated carbocycles. The van der Waals surface area contributed by atoms with E-state index in [2.05, 4.69) is 4.90 Å². The molecule has 2 aromatic carbocycles. The van der Waals surface area contributed by atoms with E-state index in [9.17, 15) is 21.6 Å². The van der Waals surface area contributed by atoms with E-state index in [1.165, 1.54) is 12.1 Å². The van der Waals surface area contributed by atoms with Crippen LogP contribution in [0, 0.1) is 0 Å². The van der Waals surface area contributed by atoms with E-state index < -0.39 is 27.7 Å². The van der Waals surface area contributed by atoms with Gasteiger partial charge >= 0.3 is 6.18 Å². The average molecular weight is 462 g/mol. The van der Waals surface area contributed by atoms with E-state index in [4.69, 9.17) is 16.3 Å². The maximum absolute atomic E-state index is 13.3. The molecular weight excluding hydrogens is 439 g/mol. The van der Waals surface area contributed by atoms with Gasteiger partial charge in [-0.05, 0) is 17.2 Å². The molecule has 0 spiro atoms. The second-order valence-corrected chi connectivity index (χ2v) is 10.1. The molecule has 0 aromatic heterocycles. The normalized spacial score (nSPS) is 19.6. The van der Waals surface area contributed by atoms with Crippen LogP contribution < -0.4 is 0 Å². The Balaban J connectivity index is 1.70. The van der Waals surface area contributed by atoms with Crippen LogP contribution >= 0.6 is 11.6 Å². The Morgan fingerprint density at radius 3 is 2.43 bits per heavy atom. The molecule has 1 heterocycles. The predicted octanol–water partition coefficient (Wildman–Crippen LogP) is 4.60. The number of alkyl halides is 3. The lowest BCUT2D eigenvalue weighted by molar-refractivity contribution is -0.145. The van der Waals surface area contributed by atoms with Crippen LogP contribution in [0.15, 0.2) is 48.5 Å². The number of nitrogens with zero attached hydrogens (tertiary/aromatic N) is 1. The van der Waals surface area contributed by atoms with Crippen molar-refractivity contribution in [1.82, 2.24) is 4.90 Å². The molecule has 0 radical (unpaired) electrons. The lowest BCUT2D eigenvalue weighted by Crippen LogP contribution is -2.37. The first-order chi connectivity index (χ1) is 14.0. The quantitative estimate of drug-likeness (QED) is 0.630. The van der Waals surface area contributed by atoms with Crippen molar-refractivity contribution in [3.8, 4) is 0 Å². The summed E-state index contributed by atoms with van der Waals surface area (Å²) in [5.41, 5.74) is 1.71. The number of halogens is 4. The Morgan fingerprint density at radius 1 is 1.17 bits per heavy atom. The molecule has 1 aliphatic rings. The molecule has 1 unspecified atom stereocenters.